The molecule has 0 spiro atoms. The maximum absolute atomic E-state index is 12.7. The number of thiazole rings is 1. The lowest BCUT2D eigenvalue weighted by molar-refractivity contribution is -0.119. The van der Waals surface area contributed by atoms with E-state index in [2.05, 4.69) is 22.2 Å². The van der Waals surface area contributed by atoms with Crippen LogP contribution in [-0.2, 0) is 14.3 Å². The zero-order valence-electron chi connectivity index (χ0n) is 18.2. The van der Waals surface area contributed by atoms with Crippen LogP contribution in [0.2, 0.25) is 0 Å². The average Bonchev–Trinajstić information content (AvgIpc) is 3.41. The third kappa shape index (κ3) is 6.05. The molecule has 2 heterocycles. The largest absolute Gasteiger partial charge is 0.462 e. The van der Waals surface area contributed by atoms with E-state index in [0.717, 1.165) is 10.4 Å². The molecular formula is C23H23N3O5S2. The molecule has 1 aromatic carbocycles. The number of carbonyl (C=O) groups excluding carboxylic acids is 3. The van der Waals surface area contributed by atoms with E-state index in [9.17, 15) is 14.4 Å². The van der Waals surface area contributed by atoms with E-state index in [4.69, 9.17) is 9.47 Å². The lowest BCUT2D eigenvalue weighted by atomic mass is 10.0. The molecule has 0 saturated heterocycles. The maximum Gasteiger partial charge on any atom is 0.358 e. The molecule has 0 fully saturated rings. The molecule has 0 aliphatic rings. The van der Waals surface area contributed by atoms with E-state index in [1.165, 1.54) is 22.7 Å². The van der Waals surface area contributed by atoms with Crippen LogP contribution in [0.4, 0.5) is 10.1 Å². The van der Waals surface area contributed by atoms with E-state index >= 15 is 0 Å². The van der Waals surface area contributed by atoms with Crippen LogP contribution in [0.1, 0.15) is 32.6 Å². The highest BCUT2D eigenvalue weighted by Gasteiger charge is 2.25. The summed E-state index contributed by atoms with van der Waals surface area (Å²) in [4.78, 5) is 42.4. The van der Waals surface area contributed by atoms with Gasteiger partial charge in [0.05, 0.1) is 6.61 Å². The van der Waals surface area contributed by atoms with Crippen LogP contribution >= 0.6 is 22.7 Å². The molecule has 2 aromatic heterocycles. The normalized spacial score (nSPS) is 10.4. The Morgan fingerprint density at radius 1 is 1.15 bits per heavy atom. The van der Waals surface area contributed by atoms with Crippen LogP contribution in [-0.4, -0.2) is 42.6 Å². The van der Waals surface area contributed by atoms with Crippen molar-refractivity contribution in [3.63, 3.8) is 0 Å². The summed E-state index contributed by atoms with van der Waals surface area (Å²) in [5.74, 6) is -1.82. The Balaban J connectivity index is 1.72. The van der Waals surface area contributed by atoms with Gasteiger partial charge in [-0.15, -0.1) is 29.3 Å². The molecule has 8 nitrogen and oxygen atoms in total. The molecule has 33 heavy (non-hydrogen) atoms. The predicted molar refractivity (Wildman–Crippen MR) is 130 cm³/mol. The van der Waals surface area contributed by atoms with Gasteiger partial charge in [-0.25, -0.2) is 14.6 Å². The van der Waals surface area contributed by atoms with Crippen LogP contribution < -0.4 is 10.6 Å². The molecule has 0 unspecified atom stereocenters. The number of carbonyl (C=O) groups is 3. The van der Waals surface area contributed by atoms with Gasteiger partial charge in [0.15, 0.2) is 17.4 Å². The fourth-order valence-corrected chi connectivity index (χ4v) is 4.73. The highest BCUT2D eigenvalue weighted by molar-refractivity contribution is 7.17. The van der Waals surface area contributed by atoms with Gasteiger partial charge in [-0.1, -0.05) is 36.4 Å². The second-order valence-electron chi connectivity index (χ2n) is 6.66. The number of anilines is 2. The third-order valence-electron chi connectivity index (χ3n) is 4.32. The zero-order chi connectivity index (χ0) is 23.8. The van der Waals surface area contributed by atoms with Gasteiger partial charge in [0.2, 0.25) is 0 Å². The van der Waals surface area contributed by atoms with Crippen molar-refractivity contribution < 1.29 is 23.9 Å². The van der Waals surface area contributed by atoms with Crippen LogP contribution in [0, 0.1) is 6.92 Å². The standard InChI is InChI=1S/C23H23N3O5S2/c1-4-11-24-23-25-16(13-32-23)21(28)31-12-17(27)26-20-19(22(29)30-5-2)18(14(3)33-20)15-9-7-6-8-10-15/h4,6-10,13H,1,5,11-12H2,2-3H3,(H,24,25)(H,26,27). The van der Waals surface area contributed by atoms with Gasteiger partial charge < -0.3 is 20.1 Å². The predicted octanol–water partition coefficient (Wildman–Crippen LogP) is 4.75. The van der Waals surface area contributed by atoms with Gasteiger partial charge in [0, 0.05) is 22.4 Å². The summed E-state index contributed by atoms with van der Waals surface area (Å²) in [6.45, 7) is 7.37. The number of thiophene rings is 1. The molecule has 0 aliphatic heterocycles. The van der Waals surface area contributed by atoms with Crippen molar-refractivity contribution in [2.75, 3.05) is 30.4 Å². The van der Waals surface area contributed by atoms with Gasteiger partial charge in [-0.3, -0.25) is 4.79 Å². The monoisotopic (exact) mass is 485 g/mol. The van der Waals surface area contributed by atoms with E-state index in [0.29, 0.717) is 22.2 Å². The second-order valence-corrected chi connectivity index (χ2v) is 8.74. The minimum atomic E-state index is -0.717. The van der Waals surface area contributed by atoms with Crippen LogP contribution in [0.25, 0.3) is 11.1 Å². The summed E-state index contributed by atoms with van der Waals surface area (Å²) in [5, 5.41) is 8.09. The van der Waals surface area contributed by atoms with Crippen LogP contribution in [0.3, 0.4) is 0 Å². The Hall–Kier alpha value is -3.50. The third-order valence-corrected chi connectivity index (χ3v) is 6.15. The Labute approximate surface area is 199 Å². The number of nitrogens with one attached hydrogen (secondary N) is 2. The Morgan fingerprint density at radius 2 is 1.91 bits per heavy atom. The first-order valence-corrected chi connectivity index (χ1v) is 11.8. The topological polar surface area (TPSA) is 107 Å². The summed E-state index contributed by atoms with van der Waals surface area (Å²) in [6.07, 6.45) is 1.67. The molecular weight excluding hydrogens is 462 g/mol. The van der Waals surface area contributed by atoms with E-state index in [-0.39, 0.29) is 17.9 Å². The molecule has 1 amide bonds. The summed E-state index contributed by atoms with van der Waals surface area (Å²) in [5.41, 5.74) is 1.92. The number of rotatable bonds is 10. The van der Waals surface area contributed by atoms with Crippen molar-refractivity contribution in [3.8, 4) is 11.1 Å². The minimum absolute atomic E-state index is 0.102. The molecule has 0 aliphatic carbocycles. The number of hydrogen-bond donors (Lipinski definition) is 2. The molecule has 3 aromatic rings. The van der Waals surface area contributed by atoms with Crippen molar-refractivity contribution in [2.24, 2.45) is 0 Å². The molecule has 0 saturated carbocycles. The molecule has 0 atom stereocenters. The van der Waals surface area contributed by atoms with Crippen molar-refractivity contribution in [1.82, 2.24) is 4.98 Å². The number of ether oxygens (including phenoxy) is 2. The summed E-state index contributed by atoms with van der Waals surface area (Å²) < 4.78 is 10.3. The van der Waals surface area contributed by atoms with E-state index < -0.39 is 24.5 Å². The van der Waals surface area contributed by atoms with Gasteiger partial charge in [-0.2, -0.15) is 0 Å². The number of aromatic nitrogens is 1. The quantitative estimate of drug-likeness (QED) is 0.315. The number of benzene rings is 1. The van der Waals surface area contributed by atoms with Crippen molar-refractivity contribution in [3.05, 3.63) is 64.5 Å². The number of aryl methyl sites for hydroxylation is 1. The van der Waals surface area contributed by atoms with Crippen LogP contribution in [0.15, 0.2) is 48.4 Å². The highest BCUT2D eigenvalue weighted by Crippen LogP contribution is 2.40. The van der Waals surface area contributed by atoms with Crippen molar-refractivity contribution >= 4 is 50.7 Å². The van der Waals surface area contributed by atoms with Gasteiger partial charge in [0.1, 0.15) is 10.6 Å². The van der Waals surface area contributed by atoms with Gasteiger partial charge in [0.25, 0.3) is 5.91 Å². The first kappa shape index (κ1) is 24.1. The van der Waals surface area contributed by atoms with Crippen LogP contribution in [0.5, 0.6) is 0 Å². The fraction of sp³-hybridized carbons (Fsp3) is 0.217. The highest BCUT2D eigenvalue weighted by atomic mass is 32.1. The van der Waals surface area contributed by atoms with E-state index in [1.807, 2.05) is 37.3 Å². The number of esters is 2. The first-order valence-electron chi connectivity index (χ1n) is 10.1. The Kier molecular flexibility index (Phi) is 8.34. The lowest BCUT2D eigenvalue weighted by Crippen LogP contribution is -2.22. The molecule has 2 N–H and O–H groups in total. The number of amides is 1. The summed E-state index contributed by atoms with van der Waals surface area (Å²) in [7, 11) is 0. The smallest absolute Gasteiger partial charge is 0.358 e. The fourth-order valence-electron chi connectivity index (χ4n) is 2.96. The van der Waals surface area contributed by atoms with Gasteiger partial charge >= 0.3 is 11.9 Å². The van der Waals surface area contributed by atoms with E-state index in [1.54, 1.807) is 18.4 Å². The summed E-state index contributed by atoms with van der Waals surface area (Å²) in [6, 6.07) is 9.40. The molecule has 172 valence electrons. The lowest BCUT2D eigenvalue weighted by Gasteiger charge is -2.09. The minimum Gasteiger partial charge on any atom is -0.462 e. The zero-order valence-corrected chi connectivity index (χ0v) is 19.8. The molecule has 3 rings (SSSR count). The molecule has 10 heteroatoms. The Morgan fingerprint density at radius 3 is 2.61 bits per heavy atom. The number of nitrogens with zero attached hydrogens (tertiary/aromatic N) is 1. The SMILES string of the molecule is C=CCNc1nc(C(=O)OCC(=O)Nc2sc(C)c(-c3ccccc3)c2C(=O)OCC)cs1. The molecule has 0 bridgehead atoms. The van der Waals surface area contributed by atoms with Gasteiger partial charge in [-0.05, 0) is 19.4 Å². The molecule has 0 radical (unpaired) electrons. The van der Waals surface area contributed by atoms with Crippen molar-refractivity contribution in [2.45, 2.75) is 13.8 Å². The Bertz CT molecular complexity index is 1150. The average molecular weight is 486 g/mol. The second kappa shape index (κ2) is 11.4. The first-order chi connectivity index (χ1) is 15.9. The van der Waals surface area contributed by atoms with Crippen molar-refractivity contribution in [1.29, 1.82) is 0 Å². The maximum atomic E-state index is 12.7. The summed E-state index contributed by atoms with van der Waals surface area (Å²) >= 11 is 2.51. The number of hydrogen-bond acceptors (Lipinski definition) is 9.